The zero-order chi connectivity index (χ0) is 12.5. The number of thiocarbonyl (C=S) groups is 1. The average Bonchev–Trinajstić information content (AvgIpc) is 2.99. The van der Waals surface area contributed by atoms with Crippen LogP contribution in [0.3, 0.4) is 0 Å². The number of amides is 1. The molecule has 6 heteroatoms. The first-order valence-electron chi connectivity index (χ1n) is 5.60. The highest BCUT2D eigenvalue weighted by Gasteiger charge is 2.52. The van der Waals surface area contributed by atoms with E-state index in [1.165, 1.54) is 0 Å². The van der Waals surface area contributed by atoms with E-state index in [4.69, 9.17) is 18.0 Å². The summed E-state index contributed by atoms with van der Waals surface area (Å²) in [5.41, 5.74) is 6.13. The Morgan fingerprint density at radius 3 is 2.88 bits per heavy atom. The molecule has 1 fully saturated rings. The van der Waals surface area contributed by atoms with Gasteiger partial charge in [-0.25, -0.2) is 0 Å². The van der Waals surface area contributed by atoms with E-state index in [2.05, 4.69) is 10.4 Å². The van der Waals surface area contributed by atoms with Crippen LogP contribution in [0.25, 0.3) is 0 Å². The van der Waals surface area contributed by atoms with E-state index < -0.39 is 5.41 Å². The van der Waals surface area contributed by atoms with Crippen LogP contribution in [-0.4, -0.2) is 27.2 Å². The van der Waals surface area contributed by atoms with Gasteiger partial charge in [0.2, 0.25) is 5.91 Å². The van der Waals surface area contributed by atoms with E-state index in [1.807, 2.05) is 13.2 Å². The predicted octanol–water partition coefficient (Wildman–Crippen LogP) is 0.145. The molecule has 0 bridgehead atoms. The third-order valence-corrected chi connectivity index (χ3v) is 3.50. The quantitative estimate of drug-likeness (QED) is 0.731. The van der Waals surface area contributed by atoms with Crippen molar-refractivity contribution in [2.24, 2.45) is 18.2 Å². The number of carbonyl (C=O) groups excluding carboxylic acids is 1. The van der Waals surface area contributed by atoms with Crippen molar-refractivity contribution >= 4 is 23.1 Å². The first-order chi connectivity index (χ1) is 8.04. The molecule has 92 valence electrons. The van der Waals surface area contributed by atoms with Crippen molar-refractivity contribution in [3.05, 3.63) is 18.0 Å². The van der Waals surface area contributed by atoms with Crippen molar-refractivity contribution in [3.63, 3.8) is 0 Å². The molecule has 1 aliphatic carbocycles. The molecule has 1 aromatic heterocycles. The first kappa shape index (κ1) is 12.0. The summed E-state index contributed by atoms with van der Waals surface area (Å²) in [5.74, 6) is -0.0334. The highest BCUT2D eigenvalue weighted by Crippen LogP contribution is 2.46. The number of hydrogen-bond donors (Lipinski definition) is 2. The van der Waals surface area contributed by atoms with Crippen LogP contribution in [-0.2, 0) is 18.3 Å². The monoisotopic (exact) mass is 252 g/mol. The summed E-state index contributed by atoms with van der Waals surface area (Å²) in [7, 11) is 1.87. The van der Waals surface area contributed by atoms with Crippen LogP contribution in [0.2, 0.25) is 0 Å². The molecule has 0 radical (unpaired) electrons. The Kier molecular flexibility index (Phi) is 3.15. The minimum Gasteiger partial charge on any atom is -0.392 e. The van der Waals surface area contributed by atoms with Gasteiger partial charge in [0.15, 0.2) is 0 Å². The van der Waals surface area contributed by atoms with Crippen LogP contribution in [0.1, 0.15) is 18.4 Å². The SMILES string of the molecule is Cn1cc(CCNC(=O)C2(C(N)=S)CC2)cn1. The fraction of sp³-hybridized carbons (Fsp3) is 0.545. The molecular formula is C11H16N4OS. The number of carbonyl (C=O) groups is 1. The molecule has 1 heterocycles. The van der Waals surface area contributed by atoms with E-state index >= 15 is 0 Å². The molecule has 1 amide bonds. The van der Waals surface area contributed by atoms with Crippen LogP contribution in [0, 0.1) is 5.41 Å². The van der Waals surface area contributed by atoms with Gasteiger partial charge < -0.3 is 11.1 Å². The Balaban J connectivity index is 1.79. The zero-order valence-electron chi connectivity index (χ0n) is 9.77. The number of nitrogens with zero attached hydrogens (tertiary/aromatic N) is 2. The fourth-order valence-corrected chi connectivity index (χ4v) is 2.10. The molecule has 3 N–H and O–H groups in total. The van der Waals surface area contributed by atoms with Crippen molar-refractivity contribution in [2.75, 3.05) is 6.54 Å². The van der Waals surface area contributed by atoms with Gasteiger partial charge in [0.05, 0.1) is 16.6 Å². The van der Waals surface area contributed by atoms with Gasteiger partial charge in [0, 0.05) is 19.8 Å². The number of nitrogens with one attached hydrogen (secondary N) is 1. The van der Waals surface area contributed by atoms with Gasteiger partial charge in [-0.1, -0.05) is 12.2 Å². The third kappa shape index (κ3) is 2.46. The van der Waals surface area contributed by atoms with Crippen LogP contribution >= 0.6 is 12.2 Å². The highest BCUT2D eigenvalue weighted by atomic mass is 32.1. The standard InChI is InChI=1S/C11H16N4OS/c1-15-7-8(6-14-15)2-5-13-10(16)11(3-4-11)9(12)17/h6-7H,2-5H2,1H3,(H2,12,17)(H,13,16). The number of aromatic nitrogens is 2. The van der Waals surface area contributed by atoms with Gasteiger partial charge in [0.25, 0.3) is 0 Å². The van der Waals surface area contributed by atoms with Crippen molar-refractivity contribution in [1.82, 2.24) is 15.1 Å². The molecule has 0 aromatic carbocycles. The summed E-state index contributed by atoms with van der Waals surface area (Å²) in [4.78, 5) is 12.2. The van der Waals surface area contributed by atoms with E-state index in [9.17, 15) is 4.79 Å². The summed E-state index contributed by atoms with van der Waals surface area (Å²) in [6, 6.07) is 0. The van der Waals surface area contributed by atoms with Crippen LogP contribution in [0.15, 0.2) is 12.4 Å². The Hall–Kier alpha value is -1.43. The molecule has 0 atom stereocenters. The summed E-state index contributed by atoms with van der Waals surface area (Å²) >= 11 is 4.92. The maximum absolute atomic E-state index is 11.9. The Labute approximate surface area is 105 Å². The fourth-order valence-electron chi connectivity index (χ4n) is 1.80. The molecule has 1 aliphatic rings. The Morgan fingerprint density at radius 2 is 2.41 bits per heavy atom. The van der Waals surface area contributed by atoms with E-state index in [0.29, 0.717) is 11.5 Å². The minimum atomic E-state index is -0.551. The van der Waals surface area contributed by atoms with E-state index in [-0.39, 0.29) is 5.91 Å². The third-order valence-electron chi connectivity index (χ3n) is 3.11. The van der Waals surface area contributed by atoms with Gasteiger partial charge >= 0.3 is 0 Å². The summed E-state index contributed by atoms with van der Waals surface area (Å²) in [6.07, 6.45) is 6.06. The molecule has 1 aromatic rings. The Bertz CT molecular complexity index is 450. The Morgan fingerprint density at radius 1 is 1.71 bits per heavy atom. The van der Waals surface area contributed by atoms with Gasteiger partial charge in [-0.3, -0.25) is 9.48 Å². The van der Waals surface area contributed by atoms with Crippen LogP contribution in [0.4, 0.5) is 0 Å². The lowest BCUT2D eigenvalue weighted by molar-refractivity contribution is -0.123. The molecule has 0 unspecified atom stereocenters. The van der Waals surface area contributed by atoms with Crippen molar-refractivity contribution < 1.29 is 4.79 Å². The van der Waals surface area contributed by atoms with Crippen LogP contribution in [0.5, 0.6) is 0 Å². The number of rotatable bonds is 5. The molecule has 0 saturated heterocycles. The number of nitrogens with two attached hydrogens (primary N) is 1. The average molecular weight is 252 g/mol. The van der Waals surface area contributed by atoms with E-state index in [0.717, 1.165) is 24.8 Å². The smallest absolute Gasteiger partial charge is 0.233 e. The lowest BCUT2D eigenvalue weighted by Crippen LogP contribution is -2.40. The second-order valence-corrected chi connectivity index (χ2v) is 4.91. The van der Waals surface area contributed by atoms with Crippen molar-refractivity contribution in [1.29, 1.82) is 0 Å². The maximum Gasteiger partial charge on any atom is 0.233 e. The summed E-state index contributed by atoms with van der Waals surface area (Å²) in [5, 5.41) is 6.95. The predicted molar refractivity (Wildman–Crippen MR) is 68.4 cm³/mol. The summed E-state index contributed by atoms with van der Waals surface area (Å²) < 4.78 is 1.74. The molecule has 0 spiro atoms. The molecule has 2 rings (SSSR count). The number of hydrogen-bond acceptors (Lipinski definition) is 3. The molecule has 17 heavy (non-hydrogen) atoms. The zero-order valence-corrected chi connectivity index (χ0v) is 10.6. The van der Waals surface area contributed by atoms with Crippen molar-refractivity contribution in [3.8, 4) is 0 Å². The maximum atomic E-state index is 11.9. The molecule has 1 saturated carbocycles. The highest BCUT2D eigenvalue weighted by molar-refractivity contribution is 7.80. The normalized spacial score (nSPS) is 16.5. The number of aryl methyl sites for hydroxylation is 1. The minimum absolute atomic E-state index is 0.0334. The van der Waals surface area contributed by atoms with Crippen LogP contribution < -0.4 is 11.1 Å². The topological polar surface area (TPSA) is 72.9 Å². The molecular weight excluding hydrogens is 236 g/mol. The largest absolute Gasteiger partial charge is 0.392 e. The lowest BCUT2D eigenvalue weighted by atomic mass is 10.1. The lowest BCUT2D eigenvalue weighted by Gasteiger charge is -2.13. The molecule has 5 nitrogen and oxygen atoms in total. The first-order valence-corrected chi connectivity index (χ1v) is 6.01. The van der Waals surface area contributed by atoms with Crippen molar-refractivity contribution in [2.45, 2.75) is 19.3 Å². The summed E-state index contributed by atoms with van der Waals surface area (Å²) in [6.45, 7) is 0.592. The second-order valence-electron chi connectivity index (χ2n) is 4.47. The van der Waals surface area contributed by atoms with E-state index in [1.54, 1.807) is 10.9 Å². The van der Waals surface area contributed by atoms with Gasteiger partial charge in [-0.05, 0) is 24.8 Å². The van der Waals surface area contributed by atoms with Gasteiger partial charge in [0.1, 0.15) is 0 Å². The van der Waals surface area contributed by atoms with Gasteiger partial charge in [-0.15, -0.1) is 0 Å². The second kappa shape index (κ2) is 4.44. The molecule has 0 aliphatic heterocycles. The van der Waals surface area contributed by atoms with Gasteiger partial charge in [-0.2, -0.15) is 5.10 Å².